The van der Waals surface area contributed by atoms with Gasteiger partial charge in [-0.05, 0) is 37.6 Å². The number of rotatable bonds is 7. The summed E-state index contributed by atoms with van der Waals surface area (Å²) in [6.45, 7) is 5.70. The molecule has 0 unspecified atom stereocenters. The molecule has 0 aliphatic carbocycles. The first-order valence-electron chi connectivity index (χ1n) is 9.21. The number of aromatic nitrogens is 2. The molecule has 0 aliphatic rings. The number of hydrogen-bond acceptors (Lipinski definition) is 5. The first-order chi connectivity index (χ1) is 13.7. The molecule has 0 aliphatic heterocycles. The lowest BCUT2D eigenvalue weighted by Gasteiger charge is -2.11. The molecule has 1 aromatic carbocycles. The summed E-state index contributed by atoms with van der Waals surface area (Å²) in [5.41, 5.74) is 4.03. The van der Waals surface area contributed by atoms with Crippen molar-refractivity contribution in [1.82, 2.24) is 20.6 Å². The smallest absolute Gasteiger partial charge is 0.226 e. The van der Waals surface area contributed by atoms with Crippen molar-refractivity contribution in [3.63, 3.8) is 0 Å². The summed E-state index contributed by atoms with van der Waals surface area (Å²) < 4.78 is 11.0. The van der Waals surface area contributed by atoms with Crippen LogP contribution in [0.5, 0.6) is 5.88 Å². The number of nitrogens with zero attached hydrogens (tertiary/aromatic N) is 3. The van der Waals surface area contributed by atoms with E-state index in [1.807, 2.05) is 43.3 Å². The van der Waals surface area contributed by atoms with Crippen LogP contribution in [-0.2, 0) is 13.1 Å². The van der Waals surface area contributed by atoms with Crippen molar-refractivity contribution in [1.29, 1.82) is 0 Å². The zero-order valence-corrected chi connectivity index (χ0v) is 16.4. The van der Waals surface area contributed by atoms with Crippen molar-refractivity contribution < 1.29 is 9.15 Å². The third kappa shape index (κ3) is 5.33. The topological polar surface area (TPSA) is 84.6 Å². The van der Waals surface area contributed by atoms with Gasteiger partial charge in [-0.3, -0.25) is 4.99 Å². The monoisotopic (exact) mass is 379 g/mol. The first kappa shape index (κ1) is 19.4. The average molecular weight is 379 g/mol. The lowest BCUT2D eigenvalue weighted by molar-refractivity contribution is 0.326. The number of aliphatic imine (C=N–C) groups is 1. The van der Waals surface area contributed by atoms with Crippen LogP contribution in [0, 0.1) is 6.92 Å². The maximum Gasteiger partial charge on any atom is 0.226 e. The Bertz CT molecular complexity index is 919. The minimum Gasteiger partial charge on any atom is -0.478 e. The first-order valence-corrected chi connectivity index (χ1v) is 9.21. The van der Waals surface area contributed by atoms with E-state index in [0.29, 0.717) is 37.4 Å². The molecule has 0 saturated heterocycles. The van der Waals surface area contributed by atoms with Gasteiger partial charge in [0, 0.05) is 31.4 Å². The van der Waals surface area contributed by atoms with Gasteiger partial charge in [0.1, 0.15) is 6.26 Å². The van der Waals surface area contributed by atoms with Gasteiger partial charge < -0.3 is 19.8 Å². The Kier molecular flexibility index (Phi) is 6.62. The van der Waals surface area contributed by atoms with Gasteiger partial charge in [-0.2, -0.15) is 0 Å². The van der Waals surface area contributed by atoms with E-state index in [1.54, 1.807) is 19.5 Å². The van der Waals surface area contributed by atoms with Crippen LogP contribution in [0.15, 0.2) is 58.3 Å². The second-order valence-corrected chi connectivity index (χ2v) is 6.22. The Morgan fingerprint density at radius 1 is 1.14 bits per heavy atom. The van der Waals surface area contributed by atoms with E-state index < -0.39 is 0 Å². The van der Waals surface area contributed by atoms with E-state index in [4.69, 9.17) is 9.15 Å². The molecule has 3 rings (SSSR count). The summed E-state index contributed by atoms with van der Waals surface area (Å²) >= 11 is 0. The Hall–Kier alpha value is -3.35. The summed E-state index contributed by atoms with van der Waals surface area (Å²) in [5, 5.41) is 6.51. The van der Waals surface area contributed by atoms with Crippen LogP contribution in [0.2, 0.25) is 0 Å². The third-order valence-electron chi connectivity index (χ3n) is 4.06. The molecule has 0 atom stereocenters. The van der Waals surface area contributed by atoms with E-state index in [9.17, 15) is 0 Å². The highest BCUT2D eigenvalue weighted by molar-refractivity contribution is 5.79. The lowest BCUT2D eigenvalue weighted by Crippen LogP contribution is -2.36. The van der Waals surface area contributed by atoms with E-state index in [-0.39, 0.29) is 0 Å². The predicted octanol–water partition coefficient (Wildman–Crippen LogP) is 3.31. The summed E-state index contributed by atoms with van der Waals surface area (Å²) in [4.78, 5) is 12.9. The largest absolute Gasteiger partial charge is 0.478 e. The molecule has 2 heterocycles. The second kappa shape index (κ2) is 9.55. The highest BCUT2D eigenvalue weighted by Crippen LogP contribution is 2.19. The molecule has 0 bridgehead atoms. The zero-order chi connectivity index (χ0) is 19.8. The fourth-order valence-electron chi connectivity index (χ4n) is 2.58. The van der Waals surface area contributed by atoms with Gasteiger partial charge in [-0.25, -0.2) is 9.97 Å². The van der Waals surface area contributed by atoms with Crippen molar-refractivity contribution >= 4 is 5.96 Å². The van der Waals surface area contributed by atoms with Crippen molar-refractivity contribution in [3.8, 4) is 17.3 Å². The number of nitrogens with one attached hydrogen (secondary N) is 2. The van der Waals surface area contributed by atoms with Gasteiger partial charge in [-0.1, -0.05) is 17.7 Å². The number of pyridine rings is 1. The average Bonchev–Trinajstić information content (AvgIpc) is 3.18. The highest BCUT2D eigenvalue weighted by Gasteiger charge is 2.07. The van der Waals surface area contributed by atoms with Crippen LogP contribution in [0.25, 0.3) is 11.5 Å². The number of guanidine groups is 1. The fraction of sp³-hybridized carbons (Fsp3) is 0.286. The SMILES string of the molecule is CCOc1cc(CNC(=NC)NCc2coc(-c3ccc(C)cc3)n2)ccn1. The van der Waals surface area contributed by atoms with Crippen molar-refractivity contribution in [2.75, 3.05) is 13.7 Å². The van der Waals surface area contributed by atoms with E-state index in [0.717, 1.165) is 16.8 Å². The molecule has 146 valence electrons. The summed E-state index contributed by atoms with van der Waals surface area (Å²) in [5.74, 6) is 1.91. The molecular weight excluding hydrogens is 354 g/mol. The molecule has 0 fully saturated rings. The quantitative estimate of drug-likeness (QED) is 0.484. The van der Waals surface area contributed by atoms with Gasteiger partial charge in [-0.15, -0.1) is 0 Å². The molecule has 28 heavy (non-hydrogen) atoms. The molecule has 2 aromatic heterocycles. The number of oxazole rings is 1. The molecule has 0 saturated carbocycles. The lowest BCUT2D eigenvalue weighted by atomic mass is 10.1. The number of ether oxygens (including phenoxy) is 1. The fourth-order valence-corrected chi connectivity index (χ4v) is 2.58. The molecule has 7 nitrogen and oxygen atoms in total. The Balaban J connectivity index is 1.53. The summed E-state index contributed by atoms with van der Waals surface area (Å²) in [6.07, 6.45) is 3.40. The Morgan fingerprint density at radius 2 is 1.93 bits per heavy atom. The van der Waals surface area contributed by atoms with Gasteiger partial charge in [0.05, 0.1) is 18.8 Å². The number of hydrogen-bond donors (Lipinski definition) is 2. The van der Waals surface area contributed by atoms with Crippen LogP contribution in [0.4, 0.5) is 0 Å². The summed E-state index contributed by atoms with van der Waals surface area (Å²) in [7, 11) is 1.73. The Labute approximate surface area is 164 Å². The van der Waals surface area contributed by atoms with Crippen LogP contribution in [0.3, 0.4) is 0 Å². The van der Waals surface area contributed by atoms with E-state index in [1.165, 1.54) is 5.56 Å². The van der Waals surface area contributed by atoms with Crippen LogP contribution in [0.1, 0.15) is 23.7 Å². The van der Waals surface area contributed by atoms with Gasteiger partial charge in [0.15, 0.2) is 5.96 Å². The molecule has 0 spiro atoms. The standard InChI is InChI=1S/C21H25N5O2/c1-4-27-19-11-16(9-10-23-19)12-24-21(22-3)25-13-18-14-28-20(26-18)17-7-5-15(2)6-8-17/h5-11,14H,4,12-13H2,1-3H3,(H2,22,24,25). The molecule has 2 N–H and O–H groups in total. The van der Waals surface area contributed by atoms with E-state index in [2.05, 4.69) is 32.5 Å². The van der Waals surface area contributed by atoms with Crippen molar-refractivity contribution in [2.45, 2.75) is 26.9 Å². The molecule has 0 radical (unpaired) electrons. The highest BCUT2D eigenvalue weighted by atomic mass is 16.5. The van der Waals surface area contributed by atoms with Gasteiger partial charge in [0.2, 0.25) is 11.8 Å². The minimum atomic E-state index is 0.509. The molecule has 7 heteroatoms. The number of benzene rings is 1. The minimum absolute atomic E-state index is 0.509. The molecular formula is C21H25N5O2. The van der Waals surface area contributed by atoms with Crippen molar-refractivity contribution in [3.05, 3.63) is 65.7 Å². The summed E-state index contributed by atoms with van der Waals surface area (Å²) in [6, 6.07) is 11.9. The maximum absolute atomic E-state index is 5.59. The van der Waals surface area contributed by atoms with Crippen LogP contribution >= 0.6 is 0 Å². The van der Waals surface area contributed by atoms with Crippen molar-refractivity contribution in [2.24, 2.45) is 4.99 Å². The van der Waals surface area contributed by atoms with E-state index >= 15 is 0 Å². The van der Waals surface area contributed by atoms with Gasteiger partial charge in [0.25, 0.3) is 0 Å². The molecule has 0 amide bonds. The Morgan fingerprint density at radius 3 is 2.68 bits per heavy atom. The zero-order valence-electron chi connectivity index (χ0n) is 16.4. The molecule has 3 aromatic rings. The normalized spacial score (nSPS) is 11.3. The maximum atomic E-state index is 5.59. The second-order valence-electron chi connectivity index (χ2n) is 6.22. The number of aryl methyl sites for hydroxylation is 1. The van der Waals surface area contributed by atoms with Gasteiger partial charge >= 0.3 is 0 Å². The third-order valence-corrected chi connectivity index (χ3v) is 4.06. The predicted molar refractivity (Wildman–Crippen MR) is 109 cm³/mol. The van der Waals surface area contributed by atoms with Crippen LogP contribution in [-0.4, -0.2) is 29.6 Å². The van der Waals surface area contributed by atoms with Crippen LogP contribution < -0.4 is 15.4 Å².